The minimum Gasteiger partial charge on any atom is -0.337 e. The molecule has 0 aliphatic rings. The Morgan fingerprint density at radius 2 is 2.10 bits per heavy atom. The number of nitrogens with zero attached hydrogens (tertiary/aromatic N) is 3. The van der Waals surface area contributed by atoms with E-state index in [0.717, 1.165) is 4.88 Å². The molecule has 1 aromatic carbocycles. The molecule has 0 saturated heterocycles. The molecule has 0 saturated carbocycles. The lowest BCUT2D eigenvalue weighted by molar-refractivity contribution is -0.384. The molecule has 0 amide bonds. The van der Waals surface area contributed by atoms with E-state index < -0.39 is 11.0 Å². The van der Waals surface area contributed by atoms with Crippen molar-refractivity contribution in [3.63, 3.8) is 0 Å². The number of nitro benzene ring substituents is 1. The minimum absolute atomic E-state index is 0.0745. The average molecular weight is 302 g/mol. The predicted octanol–water partition coefficient (Wildman–Crippen LogP) is 2.75. The summed E-state index contributed by atoms with van der Waals surface area (Å²) in [4.78, 5) is 15.6. The van der Waals surface area contributed by atoms with Gasteiger partial charge in [0, 0.05) is 10.9 Å². The summed E-state index contributed by atoms with van der Waals surface area (Å²) in [6.45, 7) is 0. The van der Waals surface area contributed by atoms with Crippen molar-refractivity contribution in [2.75, 3.05) is 0 Å². The fourth-order valence-corrected chi connectivity index (χ4v) is 2.60. The van der Waals surface area contributed by atoms with Gasteiger partial charge in [0.25, 0.3) is 5.69 Å². The largest absolute Gasteiger partial charge is 0.337 e. The van der Waals surface area contributed by atoms with Crippen LogP contribution in [0.15, 0.2) is 46.3 Å². The number of aromatic nitrogens is 2. The summed E-state index contributed by atoms with van der Waals surface area (Å²) < 4.78 is 5.14. The van der Waals surface area contributed by atoms with Crippen molar-refractivity contribution in [1.82, 2.24) is 10.1 Å². The van der Waals surface area contributed by atoms with E-state index in [4.69, 9.17) is 10.3 Å². The van der Waals surface area contributed by atoms with Crippen LogP contribution in [0.1, 0.15) is 16.8 Å². The number of hydrogen-bond acceptors (Lipinski definition) is 7. The minimum atomic E-state index is -0.533. The number of benzene rings is 1. The molecule has 106 valence electrons. The van der Waals surface area contributed by atoms with Gasteiger partial charge in [-0.05, 0) is 17.5 Å². The Morgan fingerprint density at radius 3 is 2.81 bits per heavy atom. The lowest BCUT2D eigenvalue weighted by Crippen LogP contribution is -2.10. The zero-order chi connectivity index (χ0) is 14.8. The van der Waals surface area contributed by atoms with Crippen LogP contribution in [0.2, 0.25) is 0 Å². The fourth-order valence-electron chi connectivity index (χ4n) is 1.88. The molecule has 7 nitrogen and oxygen atoms in total. The molecule has 1 unspecified atom stereocenters. The monoisotopic (exact) mass is 302 g/mol. The molecule has 0 fully saturated rings. The molecule has 3 aromatic rings. The van der Waals surface area contributed by atoms with Crippen LogP contribution in [-0.2, 0) is 0 Å². The highest BCUT2D eigenvalue weighted by Gasteiger charge is 2.22. The topological polar surface area (TPSA) is 108 Å². The molecular formula is C13H10N4O3S. The Bertz CT molecular complexity index is 769. The quantitative estimate of drug-likeness (QED) is 0.586. The molecule has 2 heterocycles. The molecule has 2 N–H and O–H groups in total. The van der Waals surface area contributed by atoms with Gasteiger partial charge in [-0.15, -0.1) is 11.3 Å². The van der Waals surface area contributed by atoms with E-state index in [2.05, 4.69) is 10.1 Å². The summed E-state index contributed by atoms with van der Waals surface area (Å²) >= 11 is 1.48. The van der Waals surface area contributed by atoms with Crippen molar-refractivity contribution in [2.45, 2.75) is 6.04 Å². The van der Waals surface area contributed by atoms with Crippen molar-refractivity contribution >= 4 is 17.0 Å². The first kappa shape index (κ1) is 13.4. The number of nitrogens with two attached hydrogens (primary N) is 1. The highest BCUT2D eigenvalue weighted by Crippen LogP contribution is 2.29. The van der Waals surface area contributed by atoms with Crippen molar-refractivity contribution < 1.29 is 9.45 Å². The number of para-hydroxylation sites is 1. The molecule has 21 heavy (non-hydrogen) atoms. The van der Waals surface area contributed by atoms with Crippen LogP contribution in [0.4, 0.5) is 5.69 Å². The average Bonchev–Trinajstić information content (AvgIpc) is 3.18. The number of thiophene rings is 1. The molecule has 0 aliphatic heterocycles. The lowest BCUT2D eigenvalue weighted by Gasteiger charge is -2.01. The zero-order valence-corrected chi connectivity index (χ0v) is 11.5. The van der Waals surface area contributed by atoms with Crippen LogP contribution in [-0.4, -0.2) is 15.1 Å². The van der Waals surface area contributed by atoms with Gasteiger partial charge in [0.15, 0.2) is 0 Å². The summed E-state index contributed by atoms with van der Waals surface area (Å²) in [5, 5.41) is 16.7. The zero-order valence-electron chi connectivity index (χ0n) is 10.7. The van der Waals surface area contributed by atoms with E-state index in [0.29, 0.717) is 5.56 Å². The van der Waals surface area contributed by atoms with Gasteiger partial charge in [-0.2, -0.15) is 4.98 Å². The molecule has 8 heteroatoms. The van der Waals surface area contributed by atoms with Crippen molar-refractivity contribution in [3.8, 4) is 11.4 Å². The normalized spacial score (nSPS) is 12.2. The molecular weight excluding hydrogens is 292 g/mol. The second-order valence-corrected chi connectivity index (χ2v) is 5.20. The summed E-state index contributed by atoms with van der Waals surface area (Å²) in [6.07, 6.45) is 0. The molecule has 0 spiro atoms. The summed E-state index contributed by atoms with van der Waals surface area (Å²) in [7, 11) is 0. The first-order chi connectivity index (χ1) is 10.2. The van der Waals surface area contributed by atoms with Crippen LogP contribution >= 0.6 is 11.3 Å². The van der Waals surface area contributed by atoms with Crippen molar-refractivity contribution in [3.05, 3.63) is 62.7 Å². The third-order valence-electron chi connectivity index (χ3n) is 2.90. The van der Waals surface area contributed by atoms with Gasteiger partial charge in [0.05, 0.1) is 4.92 Å². The van der Waals surface area contributed by atoms with Crippen LogP contribution in [0.5, 0.6) is 0 Å². The molecule has 1 atom stereocenters. The smallest absolute Gasteiger partial charge is 0.280 e. The summed E-state index contributed by atoms with van der Waals surface area (Å²) in [5.41, 5.74) is 6.26. The second kappa shape index (κ2) is 5.43. The van der Waals surface area contributed by atoms with Gasteiger partial charge in [-0.3, -0.25) is 10.1 Å². The SMILES string of the molecule is NC(c1nc(-c2ccccc2[N+](=O)[O-])no1)c1cccs1. The van der Waals surface area contributed by atoms with E-state index in [1.54, 1.807) is 18.2 Å². The van der Waals surface area contributed by atoms with Crippen molar-refractivity contribution in [2.24, 2.45) is 5.73 Å². The van der Waals surface area contributed by atoms with Gasteiger partial charge in [0.1, 0.15) is 11.6 Å². The predicted molar refractivity (Wildman–Crippen MR) is 76.7 cm³/mol. The Labute approximate surface area is 123 Å². The molecule has 3 rings (SSSR count). The van der Waals surface area contributed by atoms with Gasteiger partial charge < -0.3 is 10.3 Å². The Morgan fingerprint density at radius 1 is 1.29 bits per heavy atom. The highest BCUT2D eigenvalue weighted by molar-refractivity contribution is 7.10. The molecule has 0 radical (unpaired) electrons. The Kier molecular flexibility index (Phi) is 3.46. The third kappa shape index (κ3) is 2.54. The summed E-state index contributed by atoms with van der Waals surface area (Å²) in [5.74, 6) is 0.384. The Balaban J connectivity index is 1.98. The lowest BCUT2D eigenvalue weighted by atomic mass is 10.1. The van der Waals surface area contributed by atoms with Gasteiger partial charge in [-0.25, -0.2) is 0 Å². The van der Waals surface area contributed by atoms with Gasteiger partial charge in [-0.1, -0.05) is 23.4 Å². The second-order valence-electron chi connectivity index (χ2n) is 4.22. The van der Waals surface area contributed by atoms with Crippen LogP contribution in [0, 0.1) is 10.1 Å². The molecule has 0 bridgehead atoms. The first-order valence-electron chi connectivity index (χ1n) is 6.03. The van der Waals surface area contributed by atoms with E-state index in [9.17, 15) is 10.1 Å². The number of nitro groups is 1. The van der Waals surface area contributed by atoms with Gasteiger partial charge in [0.2, 0.25) is 11.7 Å². The maximum Gasteiger partial charge on any atom is 0.280 e. The van der Waals surface area contributed by atoms with Crippen molar-refractivity contribution in [1.29, 1.82) is 0 Å². The fraction of sp³-hybridized carbons (Fsp3) is 0.0769. The first-order valence-corrected chi connectivity index (χ1v) is 6.91. The van der Waals surface area contributed by atoms with Crippen LogP contribution < -0.4 is 5.73 Å². The number of hydrogen-bond donors (Lipinski definition) is 1. The number of rotatable bonds is 4. The van der Waals surface area contributed by atoms with E-state index >= 15 is 0 Å². The van der Waals surface area contributed by atoms with Crippen LogP contribution in [0.3, 0.4) is 0 Å². The van der Waals surface area contributed by atoms with E-state index in [-0.39, 0.29) is 17.4 Å². The van der Waals surface area contributed by atoms with E-state index in [1.165, 1.54) is 17.4 Å². The van der Waals surface area contributed by atoms with Crippen LogP contribution in [0.25, 0.3) is 11.4 Å². The maximum atomic E-state index is 11.0. The summed E-state index contributed by atoms with van der Waals surface area (Å²) in [6, 6.07) is 9.43. The van der Waals surface area contributed by atoms with E-state index in [1.807, 2.05) is 17.5 Å². The Hall–Kier alpha value is -2.58. The molecule has 0 aliphatic carbocycles. The molecule has 2 aromatic heterocycles. The highest BCUT2D eigenvalue weighted by atomic mass is 32.1. The maximum absolute atomic E-state index is 11.0. The standard InChI is InChI=1S/C13H10N4O3S/c14-11(10-6-3-7-21-10)13-15-12(16-20-13)8-4-1-2-5-9(8)17(18)19/h1-7,11H,14H2. The van der Waals surface area contributed by atoms with Gasteiger partial charge >= 0.3 is 0 Å². The third-order valence-corrected chi connectivity index (χ3v) is 3.85.